The van der Waals surface area contributed by atoms with Crippen molar-refractivity contribution in [3.05, 3.63) is 41.5 Å². The van der Waals surface area contributed by atoms with Gasteiger partial charge >= 0.3 is 0 Å². The molecule has 6 nitrogen and oxygen atoms in total. The number of aliphatic hydroxyl groups excluding tert-OH is 2. The molecule has 0 bridgehead atoms. The first-order valence-corrected chi connectivity index (χ1v) is 12.0. The molecule has 0 fully saturated rings. The zero-order valence-corrected chi connectivity index (χ0v) is 19.6. The molecule has 31 heavy (non-hydrogen) atoms. The van der Waals surface area contributed by atoms with E-state index in [1.807, 2.05) is 24.3 Å². The number of ether oxygens (including phenoxy) is 1. The summed E-state index contributed by atoms with van der Waals surface area (Å²) in [5, 5.41) is 24.0. The molecule has 2 N–H and O–H groups in total. The van der Waals surface area contributed by atoms with Crippen LogP contribution in [0.3, 0.4) is 0 Å². The highest BCUT2D eigenvalue weighted by Crippen LogP contribution is 2.18. The topological polar surface area (TPSA) is 80.4 Å². The van der Waals surface area contributed by atoms with Gasteiger partial charge in [-0.3, -0.25) is 0 Å². The van der Waals surface area contributed by atoms with Gasteiger partial charge in [0.1, 0.15) is 18.0 Å². The number of benzene rings is 1. The molecule has 0 saturated heterocycles. The van der Waals surface area contributed by atoms with Gasteiger partial charge in [-0.1, -0.05) is 76.8 Å². The number of nitrogens with zero attached hydrogens (tertiary/aromatic N) is 3. The molecule has 0 radical (unpaired) electrons. The molecule has 0 aliphatic heterocycles. The monoisotopic (exact) mass is 431 g/mol. The number of unbranched alkanes of at least 4 members (excludes halogenated alkanes) is 9. The van der Waals surface area contributed by atoms with E-state index in [1.165, 1.54) is 57.8 Å². The lowest BCUT2D eigenvalue weighted by molar-refractivity contribution is 0.181. The molecule has 0 amide bonds. The van der Waals surface area contributed by atoms with Gasteiger partial charge in [-0.15, -0.1) is 0 Å². The van der Waals surface area contributed by atoms with E-state index in [2.05, 4.69) is 17.0 Å². The van der Waals surface area contributed by atoms with Crippen LogP contribution in [0.25, 0.3) is 0 Å². The normalized spacial score (nSPS) is 13.3. The Balaban J connectivity index is 1.66. The molecule has 1 heterocycles. The van der Waals surface area contributed by atoms with Crippen molar-refractivity contribution in [2.45, 2.75) is 104 Å². The molecular weight excluding hydrogens is 390 g/mol. The fraction of sp³-hybridized carbons (Fsp3) is 0.680. The number of hydrogen-bond acceptors (Lipinski definition) is 5. The van der Waals surface area contributed by atoms with Gasteiger partial charge in [0.2, 0.25) is 0 Å². The lowest BCUT2D eigenvalue weighted by atomic mass is 10.1. The molecule has 0 aliphatic rings. The van der Waals surface area contributed by atoms with E-state index in [0.717, 1.165) is 24.3 Å². The zero-order chi connectivity index (χ0) is 22.5. The molecule has 0 spiro atoms. The van der Waals surface area contributed by atoms with Crippen molar-refractivity contribution >= 4 is 0 Å². The van der Waals surface area contributed by atoms with Gasteiger partial charge in [0, 0.05) is 0 Å². The van der Waals surface area contributed by atoms with Crippen LogP contribution in [0.2, 0.25) is 0 Å². The third-order valence-corrected chi connectivity index (χ3v) is 5.49. The molecule has 6 heteroatoms. The van der Waals surface area contributed by atoms with E-state index in [0.29, 0.717) is 18.2 Å². The van der Waals surface area contributed by atoms with Crippen LogP contribution in [0.15, 0.2) is 24.3 Å². The quantitative estimate of drug-likeness (QED) is 0.332. The third-order valence-electron chi connectivity index (χ3n) is 5.49. The van der Waals surface area contributed by atoms with Crippen LogP contribution in [-0.4, -0.2) is 31.6 Å². The Bertz CT molecular complexity index is 726. The Labute approximate surface area is 187 Å². The summed E-state index contributed by atoms with van der Waals surface area (Å²) in [6.45, 7) is 6.77. The second-order valence-corrected chi connectivity index (χ2v) is 8.51. The summed E-state index contributed by atoms with van der Waals surface area (Å²) < 4.78 is 7.52. The lowest BCUT2D eigenvalue weighted by Gasteiger charge is -2.10. The summed E-state index contributed by atoms with van der Waals surface area (Å²) >= 11 is 0. The Morgan fingerprint density at radius 2 is 1.42 bits per heavy atom. The molecular formula is C25H41N3O3. The van der Waals surface area contributed by atoms with Gasteiger partial charge in [-0.05, 0) is 38.0 Å². The molecule has 1 aromatic heterocycles. The average Bonchev–Trinajstić information content (AvgIpc) is 3.18. The first-order chi connectivity index (χ1) is 15.0. The number of rotatable bonds is 16. The number of aromatic nitrogens is 3. The van der Waals surface area contributed by atoms with Gasteiger partial charge in [-0.2, -0.15) is 5.10 Å². The Kier molecular flexibility index (Phi) is 11.6. The molecule has 2 aromatic rings. The second-order valence-electron chi connectivity index (χ2n) is 8.51. The van der Waals surface area contributed by atoms with Gasteiger partial charge in [0.15, 0.2) is 11.6 Å². The molecule has 1 aromatic carbocycles. The number of aliphatic hydroxyl groups is 2. The smallest absolute Gasteiger partial charge is 0.179 e. The molecule has 0 saturated carbocycles. The van der Waals surface area contributed by atoms with Crippen molar-refractivity contribution in [1.82, 2.24) is 14.8 Å². The predicted molar refractivity (Wildman–Crippen MR) is 124 cm³/mol. The van der Waals surface area contributed by atoms with Crippen LogP contribution in [0.1, 0.15) is 114 Å². The lowest BCUT2D eigenvalue weighted by Crippen LogP contribution is -2.09. The van der Waals surface area contributed by atoms with E-state index in [9.17, 15) is 10.2 Å². The van der Waals surface area contributed by atoms with Crippen LogP contribution in [0.4, 0.5) is 0 Å². The molecule has 0 unspecified atom stereocenters. The maximum atomic E-state index is 9.93. The van der Waals surface area contributed by atoms with E-state index in [1.54, 1.807) is 18.5 Å². The van der Waals surface area contributed by atoms with Gasteiger partial charge < -0.3 is 14.9 Å². The van der Waals surface area contributed by atoms with E-state index >= 15 is 0 Å². The summed E-state index contributed by atoms with van der Waals surface area (Å²) in [4.78, 5) is 4.24. The van der Waals surface area contributed by atoms with Crippen LogP contribution < -0.4 is 4.74 Å². The highest BCUT2D eigenvalue weighted by Gasteiger charge is 2.17. The zero-order valence-electron chi connectivity index (χ0n) is 19.6. The summed E-state index contributed by atoms with van der Waals surface area (Å²) in [6.07, 6.45) is 11.7. The SMILES string of the molecule is CCCCCCCCCCCCOc1ccc(Cn2nc([C@H](C)O)nc2[C@H](C)O)cc1. The minimum absolute atomic E-state index is 0.326. The fourth-order valence-electron chi connectivity index (χ4n) is 3.62. The summed E-state index contributed by atoms with van der Waals surface area (Å²) in [7, 11) is 0. The third kappa shape index (κ3) is 9.40. The van der Waals surface area contributed by atoms with Crippen molar-refractivity contribution in [2.24, 2.45) is 0 Å². The summed E-state index contributed by atoms with van der Waals surface area (Å²) in [6, 6.07) is 7.95. The largest absolute Gasteiger partial charge is 0.494 e. The van der Waals surface area contributed by atoms with Gasteiger partial charge in [0.25, 0.3) is 0 Å². The predicted octanol–water partition coefficient (Wildman–Crippen LogP) is 5.73. The molecule has 2 rings (SSSR count). The highest BCUT2D eigenvalue weighted by molar-refractivity contribution is 5.27. The standard InChI is InChI=1S/C25H41N3O3/c1-4-5-6-7-8-9-10-11-12-13-18-31-23-16-14-22(15-17-23)19-28-25(21(3)30)26-24(27-28)20(2)29/h14-17,20-21,29-30H,4-13,18-19H2,1-3H3/t20-,21-/m0/s1. The Morgan fingerprint density at radius 3 is 1.97 bits per heavy atom. The molecule has 2 atom stereocenters. The first-order valence-electron chi connectivity index (χ1n) is 12.0. The summed E-state index contributed by atoms with van der Waals surface area (Å²) in [5.41, 5.74) is 1.04. The van der Waals surface area contributed by atoms with Crippen LogP contribution >= 0.6 is 0 Å². The van der Waals surface area contributed by atoms with Crippen LogP contribution in [0, 0.1) is 0 Å². The van der Waals surface area contributed by atoms with Gasteiger partial charge in [0.05, 0.1) is 13.2 Å². The Hall–Kier alpha value is -1.92. The average molecular weight is 432 g/mol. The maximum Gasteiger partial charge on any atom is 0.179 e. The molecule has 0 aliphatic carbocycles. The maximum absolute atomic E-state index is 9.93. The molecule has 174 valence electrons. The fourth-order valence-corrected chi connectivity index (χ4v) is 3.62. The van der Waals surface area contributed by atoms with Crippen molar-refractivity contribution in [2.75, 3.05) is 6.61 Å². The van der Waals surface area contributed by atoms with Gasteiger partial charge in [-0.25, -0.2) is 9.67 Å². The highest BCUT2D eigenvalue weighted by atomic mass is 16.5. The van der Waals surface area contributed by atoms with Crippen LogP contribution in [-0.2, 0) is 6.54 Å². The second kappa shape index (κ2) is 14.2. The van der Waals surface area contributed by atoms with Crippen LogP contribution in [0.5, 0.6) is 5.75 Å². The van der Waals surface area contributed by atoms with Crippen molar-refractivity contribution in [3.63, 3.8) is 0 Å². The van der Waals surface area contributed by atoms with E-state index in [4.69, 9.17) is 4.74 Å². The van der Waals surface area contributed by atoms with Crippen molar-refractivity contribution < 1.29 is 14.9 Å². The Morgan fingerprint density at radius 1 is 0.839 bits per heavy atom. The van der Waals surface area contributed by atoms with Crippen molar-refractivity contribution in [1.29, 1.82) is 0 Å². The van der Waals surface area contributed by atoms with Crippen molar-refractivity contribution in [3.8, 4) is 5.75 Å². The number of hydrogen-bond donors (Lipinski definition) is 2. The first kappa shape index (κ1) is 25.3. The van der Waals surface area contributed by atoms with E-state index < -0.39 is 12.2 Å². The minimum atomic E-state index is -0.764. The van der Waals surface area contributed by atoms with E-state index in [-0.39, 0.29) is 0 Å². The summed E-state index contributed by atoms with van der Waals surface area (Å²) in [5.74, 6) is 1.66. The minimum Gasteiger partial charge on any atom is -0.494 e.